The molecule has 0 bridgehead atoms. The van der Waals surface area contributed by atoms with Gasteiger partial charge in [0, 0.05) is 25.8 Å². The van der Waals surface area contributed by atoms with Crippen molar-refractivity contribution in [2.75, 3.05) is 39.4 Å². The van der Waals surface area contributed by atoms with Crippen molar-refractivity contribution in [3.63, 3.8) is 0 Å². The van der Waals surface area contributed by atoms with Crippen LogP contribution in [0.5, 0.6) is 0 Å². The highest BCUT2D eigenvalue weighted by atomic mass is 16.7. The Kier molecular flexibility index (Phi) is 8.59. The summed E-state index contributed by atoms with van der Waals surface area (Å²) in [5.41, 5.74) is 0. The lowest BCUT2D eigenvalue weighted by Gasteiger charge is -2.36. The lowest BCUT2D eigenvalue weighted by molar-refractivity contribution is -0.151. The van der Waals surface area contributed by atoms with Gasteiger partial charge >= 0.3 is 0 Å². The van der Waals surface area contributed by atoms with E-state index in [2.05, 4.69) is 17.1 Å². The first-order valence-electron chi connectivity index (χ1n) is 7.49. The lowest BCUT2D eigenvalue weighted by atomic mass is 10.0. The van der Waals surface area contributed by atoms with Gasteiger partial charge in [-0.3, -0.25) is 4.90 Å². The third-order valence-electron chi connectivity index (χ3n) is 3.42. The fraction of sp³-hybridized carbons (Fsp3) is 1.00. The first-order chi connectivity index (χ1) is 8.81. The minimum absolute atomic E-state index is 0.0681. The Morgan fingerprint density at radius 2 is 1.72 bits per heavy atom. The van der Waals surface area contributed by atoms with Gasteiger partial charge in [0.25, 0.3) is 0 Å². The minimum Gasteiger partial charge on any atom is -0.352 e. The molecule has 108 valence electrons. The molecular formula is C14H30N2O2. The number of nitrogens with one attached hydrogen (secondary N) is 1. The molecule has 1 N–H and O–H groups in total. The summed E-state index contributed by atoms with van der Waals surface area (Å²) < 4.78 is 11.3. The van der Waals surface area contributed by atoms with Crippen LogP contribution in [0.25, 0.3) is 0 Å². The van der Waals surface area contributed by atoms with Crippen molar-refractivity contribution < 1.29 is 9.47 Å². The Morgan fingerprint density at radius 1 is 1.11 bits per heavy atom. The van der Waals surface area contributed by atoms with E-state index < -0.39 is 0 Å². The SMILES string of the molecule is CCCN(CC(OCC)OCC)C1CCNCC1. The Balaban J connectivity index is 2.47. The first kappa shape index (κ1) is 15.9. The molecule has 0 aromatic carbocycles. The molecule has 0 aromatic heterocycles. The fourth-order valence-corrected chi connectivity index (χ4v) is 2.60. The second-order valence-electron chi connectivity index (χ2n) is 4.82. The summed E-state index contributed by atoms with van der Waals surface area (Å²) in [5.74, 6) is 0. The van der Waals surface area contributed by atoms with Gasteiger partial charge in [0.1, 0.15) is 0 Å². The van der Waals surface area contributed by atoms with E-state index >= 15 is 0 Å². The summed E-state index contributed by atoms with van der Waals surface area (Å²) in [5, 5.41) is 3.43. The van der Waals surface area contributed by atoms with Crippen LogP contribution in [0.15, 0.2) is 0 Å². The summed E-state index contributed by atoms with van der Waals surface area (Å²) in [6.07, 6.45) is 3.60. The van der Waals surface area contributed by atoms with Crippen LogP contribution in [0.3, 0.4) is 0 Å². The van der Waals surface area contributed by atoms with Crippen molar-refractivity contribution in [1.82, 2.24) is 10.2 Å². The molecule has 1 saturated heterocycles. The maximum absolute atomic E-state index is 5.67. The highest BCUT2D eigenvalue weighted by Crippen LogP contribution is 2.14. The topological polar surface area (TPSA) is 33.7 Å². The van der Waals surface area contributed by atoms with E-state index in [0.29, 0.717) is 6.04 Å². The predicted molar refractivity (Wildman–Crippen MR) is 74.8 cm³/mol. The molecule has 0 saturated carbocycles. The smallest absolute Gasteiger partial charge is 0.170 e. The molecule has 1 aliphatic heterocycles. The standard InChI is InChI=1S/C14H30N2O2/c1-4-11-16(13-7-9-15-10-8-13)12-14(17-5-2)18-6-3/h13-15H,4-12H2,1-3H3. The van der Waals surface area contributed by atoms with Crippen molar-refractivity contribution in [2.45, 2.75) is 52.4 Å². The molecule has 1 aliphatic rings. The van der Waals surface area contributed by atoms with Gasteiger partial charge in [-0.1, -0.05) is 6.92 Å². The van der Waals surface area contributed by atoms with Crippen molar-refractivity contribution in [1.29, 1.82) is 0 Å². The van der Waals surface area contributed by atoms with Crippen molar-refractivity contribution >= 4 is 0 Å². The Hall–Kier alpha value is -0.160. The monoisotopic (exact) mass is 258 g/mol. The molecule has 4 nitrogen and oxygen atoms in total. The quantitative estimate of drug-likeness (QED) is 0.640. The van der Waals surface area contributed by atoms with E-state index in [0.717, 1.165) is 39.4 Å². The van der Waals surface area contributed by atoms with Gasteiger partial charge in [-0.05, 0) is 52.7 Å². The molecule has 0 spiro atoms. The molecule has 0 aliphatic carbocycles. The van der Waals surface area contributed by atoms with Crippen LogP contribution < -0.4 is 5.32 Å². The highest BCUT2D eigenvalue weighted by molar-refractivity contribution is 4.78. The molecule has 0 atom stereocenters. The van der Waals surface area contributed by atoms with Crippen LogP contribution in [0.4, 0.5) is 0 Å². The van der Waals surface area contributed by atoms with Crippen LogP contribution in [0.1, 0.15) is 40.0 Å². The Bertz CT molecular complexity index is 190. The van der Waals surface area contributed by atoms with E-state index in [4.69, 9.17) is 9.47 Å². The third-order valence-corrected chi connectivity index (χ3v) is 3.42. The van der Waals surface area contributed by atoms with Gasteiger partial charge in [-0.25, -0.2) is 0 Å². The number of rotatable bonds is 9. The summed E-state index contributed by atoms with van der Waals surface area (Å²) >= 11 is 0. The summed E-state index contributed by atoms with van der Waals surface area (Å²) in [6, 6.07) is 0.689. The number of piperidine rings is 1. The molecule has 0 amide bonds. The maximum Gasteiger partial charge on any atom is 0.170 e. The largest absolute Gasteiger partial charge is 0.352 e. The van der Waals surface area contributed by atoms with Crippen molar-refractivity contribution in [2.24, 2.45) is 0 Å². The number of ether oxygens (including phenoxy) is 2. The average molecular weight is 258 g/mol. The second-order valence-corrected chi connectivity index (χ2v) is 4.82. The summed E-state index contributed by atoms with van der Waals surface area (Å²) in [6.45, 7) is 12.1. The predicted octanol–water partition coefficient (Wildman–Crippen LogP) is 1.85. The lowest BCUT2D eigenvalue weighted by Crippen LogP contribution is -2.47. The second kappa shape index (κ2) is 9.73. The van der Waals surface area contributed by atoms with Crippen LogP contribution >= 0.6 is 0 Å². The van der Waals surface area contributed by atoms with E-state index in [9.17, 15) is 0 Å². The van der Waals surface area contributed by atoms with Crippen LogP contribution in [0.2, 0.25) is 0 Å². The first-order valence-corrected chi connectivity index (χ1v) is 7.49. The summed E-state index contributed by atoms with van der Waals surface area (Å²) in [7, 11) is 0. The van der Waals surface area contributed by atoms with E-state index in [1.807, 2.05) is 13.8 Å². The van der Waals surface area contributed by atoms with Gasteiger partial charge < -0.3 is 14.8 Å². The molecule has 0 radical (unpaired) electrons. The molecule has 1 rings (SSSR count). The van der Waals surface area contributed by atoms with Crippen LogP contribution in [-0.4, -0.2) is 56.6 Å². The summed E-state index contributed by atoms with van der Waals surface area (Å²) in [4.78, 5) is 2.55. The Labute approximate surface area is 112 Å². The molecule has 18 heavy (non-hydrogen) atoms. The number of nitrogens with zero attached hydrogens (tertiary/aromatic N) is 1. The molecule has 0 aromatic rings. The average Bonchev–Trinajstić information content (AvgIpc) is 2.40. The van der Waals surface area contributed by atoms with Crippen molar-refractivity contribution in [3.05, 3.63) is 0 Å². The van der Waals surface area contributed by atoms with Crippen LogP contribution in [0, 0.1) is 0 Å². The zero-order chi connectivity index (χ0) is 13.2. The maximum atomic E-state index is 5.67. The zero-order valence-electron chi connectivity index (χ0n) is 12.3. The van der Waals surface area contributed by atoms with Gasteiger partial charge in [-0.2, -0.15) is 0 Å². The van der Waals surface area contributed by atoms with Gasteiger partial charge in [0.15, 0.2) is 6.29 Å². The third kappa shape index (κ3) is 5.65. The number of hydrogen-bond donors (Lipinski definition) is 1. The van der Waals surface area contributed by atoms with Gasteiger partial charge in [0.2, 0.25) is 0 Å². The Morgan fingerprint density at radius 3 is 2.22 bits per heavy atom. The number of hydrogen-bond acceptors (Lipinski definition) is 4. The van der Waals surface area contributed by atoms with Crippen LogP contribution in [-0.2, 0) is 9.47 Å². The fourth-order valence-electron chi connectivity index (χ4n) is 2.60. The van der Waals surface area contributed by atoms with Crippen molar-refractivity contribution in [3.8, 4) is 0 Å². The minimum atomic E-state index is -0.0681. The van der Waals surface area contributed by atoms with Gasteiger partial charge in [0.05, 0.1) is 0 Å². The van der Waals surface area contributed by atoms with E-state index in [-0.39, 0.29) is 6.29 Å². The van der Waals surface area contributed by atoms with E-state index in [1.54, 1.807) is 0 Å². The molecule has 0 unspecified atom stereocenters. The molecule has 1 heterocycles. The molecule has 1 fully saturated rings. The van der Waals surface area contributed by atoms with E-state index in [1.165, 1.54) is 19.3 Å². The normalized spacial score (nSPS) is 17.8. The highest BCUT2D eigenvalue weighted by Gasteiger charge is 2.23. The zero-order valence-corrected chi connectivity index (χ0v) is 12.3. The molecule has 4 heteroatoms. The molecular weight excluding hydrogens is 228 g/mol. The van der Waals surface area contributed by atoms with Gasteiger partial charge in [-0.15, -0.1) is 0 Å².